The van der Waals surface area contributed by atoms with E-state index in [1.165, 1.54) is 12.1 Å². The number of H-pyrrole nitrogens is 1. The molecule has 6 nitrogen and oxygen atoms in total. The first kappa shape index (κ1) is 17.1. The lowest BCUT2D eigenvalue weighted by atomic mass is 9.98. The summed E-state index contributed by atoms with van der Waals surface area (Å²) in [5, 5.41) is 11.4. The summed E-state index contributed by atoms with van der Waals surface area (Å²) in [4.78, 5) is 40.6. The third-order valence-electron chi connectivity index (χ3n) is 5.43. The number of benzene rings is 3. The molecule has 0 radical (unpaired) electrons. The SMILES string of the molecule is Nc1cccc2ccc(C3C(=O)c4cc5ccc(C(=O)O)cc5cc4C3=O)[nH+]c12. The average molecular weight is 383 g/mol. The highest BCUT2D eigenvalue weighted by Crippen LogP contribution is 2.35. The Kier molecular flexibility index (Phi) is 3.51. The second kappa shape index (κ2) is 5.97. The zero-order chi connectivity index (χ0) is 20.3. The molecule has 29 heavy (non-hydrogen) atoms. The number of fused-ring (bicyclic) bond motifs is 3. The maximum atomic E-state index is 13.1. The lowest BCUT2D eigenvalue weighted by Gasteiger charge is -2.03. The van der Waals surface area contributed by atoms with Crippen LogP contribution in [0, 0.1) is 0 Å². The van der Waals surface area contributed by atoms with Crippen molar-refractivity contribution in [2.75, 3.05) is 5.73 Å². The Labute approximate surface area is 164 Å². The Morgan fingerprint density at radius 3 is 2.28 bits per heavy atom. The van der Waals surface area contributed by atoms with Gasteiger partial charge in [-0.2, -0.15) is 0 Å². The molecule has 1 heterocycles. The smallest absolute Gasteiger partial charge is 0.335 e. The summed E-state index contributed by atoms with van der Waals surface area (Å²) in [6.45, 7) is 0. The number of hydrogen-bond acceptors (Lipinski definition) is 4. The van der Waals surface area contributed by atoms with E-state index in [-0.39, 0.29) is 17.1 Å². The predicted octanol–water partition coefficient (Wildman–Crippen LogP) is 3.25. The van der Waals surface area contributed by atoms with Crippen molar-refractivity contribution >= 4 is 44.9 Å². The number of nitrogens with one attached hydrogen (secondary N) is 1. The lowest BCUT2D eigenvalue weighted by molar-refractivity contribution is -0.356. The van der Waals surface area contributed by atoms with Crippen molar-refractivity contribution in [2.24, 2.45) is 0 Å². The summed E-state index contributed by atoms with van der Waals surface area (Å²) in [5.41, 5.74) is 8.52. The van der Waals surface area contributed by atoms with Gasteiger partial charge >= 0.3 is 5.97 Å². The molecule has 1 atom stereocenters. The first-order chi connectivity index (χ1) is 13.9. The number of carboxylic acid groups (broad SMARTS) is 1. The van der Waals surface area contributed by atoms with Crippen molar-refractivity contribution in [3.8, 4) is 0 Å². The number of Topliss-reactive ketones (excluding diaryl/α,β-unsaturated/α-hetero) is 2. The van der Waals surface area contributed by atoms with Crippen LogP contribution in [0.25, 0.3) is 21.7 Å². The minimum Gasteiger partial charge on any atom is -0.478 e. The van der Waals surface area contributed by atoms with Crippen LogP contribution in [0.2, 0.25) is 0 Å². The Bertz CT molecular complexity index is 1390. The summed E-state index contributed by atoms with van der Waals surface area (Å²) in [7, 11) is 0. The minimum absolute atomic E-state index is 0.129. The number of aromatic nitrogens is 1. The number of pyridine rings is 1. The summed E-state index contributed by atoms with van der Waals surface area (Å²) < 4.78 is 0. The van der Waals surface area contributed by atoms with E-state index in [4.69, 9.17) is 5.73 Å². The summed E-state index contributed by atoms with van der Waals surface area (Å²) in [6.07, 6.45) is 0. The summed E-state index contributed by atoms with van der Waals surface area (Å²) in [6, 6.07) is 16.9. The topological polar surface area (TPSA) is 112 Å². The number of anilines is 1. The third kappa shape index (κ3) is 2.50. The number of rotatable bonds is 2. The van der Waals surface area contributed by atoms with E-state index < -0.39 is 11.9 Å². The minimum atomic E-state index is -1.05. The molecular formula is C23H15N2O4+. The van der Waals surface area contributed by atoms with E-state index in [1.807, 2.05) is 18.2 Å². The summed E-state index contributed by atoms with van der Waals surface area (Å²) in [5.74, 6) is -2.60. The van der Waals surface area contributed by atoms with Gasteiger partial charge in [-0.1, -0.05) is 12.1 Å². The normalized spacial score (nSPS) is 15.8. The highest BCUT2D eigenvalue weighted by atomic mass is 16.4. The molecule has 6 heteroatoms. The molecule has 4 N–H and O–H groups in total. The van der Waals surface area contributed by atoms with Crippen LogP contribution in [0.5, 0.6) is 0 Å². The number of aromatic amines is 1. The fourth-order valence-corrected chi connectivity index (χ4v) is 3.96. The monoisotopic (exact) mass is 383 g/mol. The van der Waals surface area contributed by atoms with Crippen molar-refractivity contribution in [2.45, 2.75) is 5.92 Å². The van der Waals surface area contributed by atoms with E-state index >= 15 is 0 Å². The van der Waals surface area contributed by atoms with E-state index in [0.29, 0.717) is 38.8 Å². The van der Waals surface area contributed by atoms with Gasteiger partial charge in [-0.25, -0.2) is 9.78 Å². The van der Waals surface area contributed by atoms with Gasteiger partial charge in [0.1, 0.15) is 5.69 Å². The van der Waals surface area contributed by atoms with Gasteiger partial charge in [0.2, 0.25) is 5.52 Å². The molecule has 1 aliphatic carbocycles. The summed E-state index contributed by atoms with van der Waals surface area (Å²) >= 11 is 0. The number of carbonyl (C=O) groups excluding carboxylic acids is 2. The molecule has 0 fully saturated rings. The number of carboxylic acids is 1. The number of hydrogen-bond donors (Lipinski definition) is 2. The number of carbonyl (C=O) groups is 3. The fourth-order valence-electron chi connectivity index (χ4n) is 3.96. The molecule has 1 aliphatic rings. The molecule has 5 rings (SSSR count). The molecule has 140 valence electrons. The standard InChI is InChI=1S/C23H14N2O4/c24-17-3-1-2-11-6-7-18(25-20(11)17)19-21(26)15-9-12-4-5-13(23(28)29)8-14(12)10-16(15)22(19)27/h1-10,19H,24H2,(H,28,29)/p+1. The lowest BCUT2D eigenvalue weighted by Crippen LogP contribution is -2.23. The zero-order valence-corrected chi connectivity index (χ0v) is 15.1. The molecular weight excluding hydrogens is 368 g/mol. The van der Waals surface area contributed by atoms with Crippen molar-refractivity contribution in [3.63, 3.8) is 0 Å². The van der Waals surface area contributed by atoms with Gasteiger partial charge in [0.25, 0.3) is 0 Å². The molecule has 0 amide bonds. The third-order valence-corrected chi connectivity index (χ3v) is 5.43. The van der Waals surface area contributed by atoms with Gasteiger partial charge in [0.15, 0.2) is 23.2 Å². The molecule has 1 unspecified atom stereocenters. The van der Waals surface area contributed by atoms with Crippen LogP contribution < -0.4 is 10.7 Å². The van der Waals surface area contributed by atoms with Crippen LogP contribution in [0.1, 0.15) is 42.7 Å². The van der Waals surface area contributed by atoms with Gasteiger partial charge in [-0.05, 0) is 53.2 Å². The average Bonchev–Trinajstić information content (AvgIpc) is 2.96. The zero-order valence-electron chi connectivity index (χ0n) is 15.1. The van der Waals surface area contributed by atoms with Gasteiger partial charge in [-0.3, -0.25) is 9.59 Å². The maximum absolute atomic E-state index is 13.1. The number of nitrogen functional groups attached to an aromatic ring is 1. The highest BCUT2D eigenvalue weighted by Gasteiger charge is 2.43. The fraction of sp³-hybridized carbons (Fsp3) is 0.0435. The molecule has 0 aliphatic heterocycles. The van der Waals surface area contributed by atoms with Crippen LogP contribution in [0.4, 0.5) is 5.69 Å². The van der Waals surface area contributed by atoms with E-state index in [1.54, 1.807) is 30.3 Å². The maximum Gasteiger partial charge on any atom is 0.335 e. The van der Waals surface area contributed by atoms with Gasteiger partial charge in [0.05, 0.1) is 5.56 Å². The van der Waals surface area contributed by atoms with E-state index in [9.17, 15) is 19.5 Å². The molecule has 4 aromatic rings. The number of aromatic carboxylic acids is 1. The number of ketones is 2. The van der Waals surface area contributed by atoms with Crippen LogP contribution in [-0.2, 0) is 0 Å². The van der Waals surface area contributed by atoms with E-state index in [2.05, 4.69) is 4.98 Å². The first-order valence-electron chi connectivity index (χ1n) is 9.04. The second-order valence-corrected chi connectivity index (χ2v) is 7.15. The van der Waals surface area contributed by atoms with Crippen LogP contribution in [0.3, 0.4) is 0 Å². The van der Waals surface area contributed by atoms with Crippen molar-refractivity contribution in [1.82, 2.24) is 0 Å². The largest absolute Gasteiger partial charge is 0.478 e. The molecule has 1 aromatic heterocycles. The van der Waals surface area contributed by atoms with Crippen LogP contribution in [-0.4, -0.2) is 22.6 Å². The molecule has 0 spiro atoms. The van der Waals surface area contributed by atoms with Crippen molar-refractivity contribution in [3.05, 3.63) is 83.0 Å². The predicted molar refractivity (Wildman–Crippen MR) is 107 cm³/mol. The molecule has 3 aromatic carbocycles. The Morgan fingerprint density at radius 1 is 0.862 bits per heavy atom. The first-order valence-corrected chi connectivity index (χ1v) is 9.04. The second-order valence-electron chi connectivity index (χ2n) is 7.15. The Morgan fingerprint density at radius 2 is 1.55 bits per heavy atom. The van der Waals surface area contributed by atoms with Gasteiger partial charge in [0, 0.05) is 22.6 Å². The highest BCUT2D eigenvalue weighted by molar-refractivity contribution is 6.30. The van der Waals surface area contributed by atoms with Crippen LogP contribution >= 0.6 is 0 Å². The molecule has 0 saturated heterocycles. The van der Waals surface area contributed by atoms with Gasteiger partial charge < -0.3 is 10.8 Å². The van der Waals surface area contributed by atoms with Gasteiger partial charge in [-0.15, -0.1) is 0 Å². The molecule has 0 saturated carbocycles. The number of para-hydroxylation sites is 1. The van der Waals surface area contributed by atoms with E-state index in [0.717, 1.165) is 5.39 Å². The van der Waals surface area contributed by atoms with Crippen molar-refractivity contribution in [1.29, 1.82) is 0 Å². The van der Waals surface area contributed by atoms with Crippen molar-refractivity contribution < 1.29 is 24.5 Å². The number of nitrogens with two attached hydrogens (primary N) is 1. The van der Waals surface area contributed by atoms with Crippen LogP contribution in [0.15, 0.2) is 60.7 Å². The Hall–Kier alpha value is -4.06. The quantitative estimate of drug-likeness (QED) is 0.408. The molecule has 0 bridgehead atoms. The Balaban J connectivity index is 1.65.